The van der Waals surface area contributed by atoms with Crippen LogP contribution in [-0.2, 0) is 22.7 Å². The fraction of sp³-hybridized carbons (Fsp3) is 0.364. The van der Waals surface area contributed by atoms with Crippen LogP contribution in [-0.4, -0.2) is 41.1 Å². The first-order valence-corrected chi connectivity index (χ1v) is 9.45. The Kier molecular flexibility index (Phi) is 5.03. The van der Waals surface area contributed by atoms with Crippen LogP contribution in [0, 0.1) is 5.82 Å². The second kappa shape index (κ2) is 7.61. The Balaban J connectivity index is 1.45. The smallest absolute Gasteiger partial charge is 0.237 e. The molecule has 1 fully saturated rings. The fourth-order valence-electron chi connectivity index (χ4n) is 4.33. The minimum atomic E-state index is -0.285. The summed E-state index contributed by atoms with van der Waals surface area (Å²) in [6.07, 6.45) is 2.90. The molecule has 0 aromatic heterocycles. The molecule has 2 aliphatic rings. The summed E-state index contributed by atoms with van der Waals surface area (Å²) in [5, 5.41) is 0. The van der Waals surface area contributed by atoms with Crippen molar-refractivity contribution in [2.75, 3.05) is 13.1 Å². The number of amides is 1. The van der Waals surface area contributed by atoms with Gasteiger partial charge in [-0.2, -0.15) is 0 Å². The van der Waals surface area contributed by atoms with Gasteiger partial charge in [-0.1, -0.05) is 36.4 Å². The van der Waals surface area contributed by atoms with Crippen LogP contribution in [0.4, 0.5) is 4.39 Å². The number of rotatable bonds is 4. The molecule has 0 saturated carbocycles. The second-order valence-corrected chi connectivity index (χ2v) is 7.42. The van der Waals surface area contributed by atoms with Crippen LogP contribution in [0.25, 0.3) is 0 Å². The van der Waals surface area contributed by atoms with Crippen molar-refractivity contribution in [2.45, 2.75) is 37.9 Å². The molecule has 0 spiro atoms. The monoisotopic (exact) mass is 366 g/mol. The largest absolute Gasteiger partial charge is 0.333 e. The van der Waals surface area contributed by atoms with Crippen molar-refractivity contribution >= 4 is 12.2 Å². The van der Waals surface area contributed by atoms with Gasteiger partial charge in [0, 0.05) is 19.0 Å². The zero-order valence-electron chi connectivity index (χ0n) is 15.2. The van der Waals surface area contributed by atoms with Crippen LogP contribution in [0.2, 0.25) is 0 Å². The summed E-state index contributed by atoms with van der Waals surface area (Å²) in [7, 11) is 0. The maximum absolute atomic E-state index is 13.4. The summed E-state index contributed by atoms with van der Waals surface area (Å²) in [4.78, 5) is 28.5. The average molecular weight is 366 g/mol. The molecule has 2 aliphatic heterocycles. The van der Waals surface area contributed by atoms with Gasteiger partial charge in [-0.25, -0.2) is 4.39 Å². The fourth-order valence-corrected chi connectivity index (χ4v) is 4.33. The Morgan fingerprint density at radius 3 is 2.67 bits per heavy atom. The number of carbonyl (C=O) groups excluding carboxylic acids is 2. The highest BCUT2D eigenvalue weighted by molar-refractivity contribution is 5.79. The van der Waals surface area contributed by atoms with Gasteiger partial charge in [0.05, 0.1) is 12.6 Å². The molecule has 5 heteroatoms. The highest BCUT2D eigenvalue weighted by Crippen LogP contribution is 2.32. The lowest BCUT2D eigenvalue weighted by Gasteiger charge is -2.38. The van der Waals surface area contributed by atoms with Gasteiger partial charge >= 0.3 is 0 Å². The average Bonchev–Trinajstić information content (AvgIpc) is 3.12. The van der Waals surface area contributed by atoms with Crippen molar-refractivity contribution in [3.05, 3.63) is 71.0 Å². The van der Waals surface area contributed by atoms with Crippen molar-refractivity contribution < 1.29 is 14.0 Å². The molecular formula is C22H23FN2O2. The predicted molar refractivity (Wildman–Crippen MR) is 100 cm³/mol. The number of nitrogens with zero attached hydrogens (tertiary/aromatic N) is 2. The molecule has 2 heterocycles. The molecule has 4 nitrogen and oxygen atoms in total. The zero-order valence-corrected chi connectivity index (χ0v) is 15.2. The SMILES string of the molecule is O=CC1[C@H](c2ccccc2)CCCN1CC(=O)N1Cc2ccc(F)cc2C1. The van der Waals surface area contributed by atoms with E-state index in [0.717, 1.165) is 42.4 Å². The van der Waals surface area contributed by atoms with E-state index in [1.54, 1.807) is 11.0 Å². The third kappa shape index (κ3) is 3.65. The normalized spacial score (nSPS) is 22.5. The number of likely N-dealkylation sites (tertiary alicyclic amines) is 1. The first-order chi connectivity index (χ1) is 13.2. The summed E-state index contributed by atoms with van der Waals surface area (Å²) >= 11 is 0. The summed E-state index contributed by atoms with van der Waals surface area (Å²) in [6, 6.07) is 14.5. The molecule has 4 rings (SSSR count). The van der Waals surface area contributed by atoms with Crippen molar-refractivity contribution in [1.29, 1.82) is 0 Å². The molecule has 2 atom stereocenters. The van der Waals surface area contributed by atoms with Crippen LogP contribution in [0.5, 0.6) is 0 Å². The van der Waals surface area contributed by atoms with Gasteiger partial charge in [0.25, 0.3) is 0 Å². The Morgan fingerprint density at radius 2 is 1.89 bits per heavy atom. The molecule has 0 aliphatic carbocycles. The zero-order chi connectivity index (χ0) is 18.8. The molecule has 2 aromatic carbocycles. The number of hydrogen-bond acceptors (Lipinski definition) is 3. The second-order valence-electron chi connectivity index (χ2n) is 7.42. The molecule has 0 radical (unpaired) electrons. The highest BCUT2D eigenvalue weighted by atomic mass is 19.1. The maximum atomic E-state index is 13.4. The minimum Gasteiger partial charge on any atom is -0.333 e. The molecule has 0 bridgehead atoms. The van der Waals surface area contributed by atoms with Crippen molar-refractivity contribution in [3.63, 3.8) is 0 Å². The van der Waals surface area contributed by atoms with E-state index in [1.165, 1.54) is 12.1 Å². The Bertz CT molecular complexity index is 839. The lowest BCUT2D eigenvalue weighted by molar-refractivity contribution is -0.134. The van der Waals surface area contributed by atoms with E-state index in [9.17, 15) is 14.0 Å². The van der Waals surface area contributed by atoms with E-state index >= 15 is 0 Å². The molecular weight excluding hydrogens is 343 g/mol. The van der Waals surface area contributed by atoms with Gasteiger partial charge in [-0.15, -0.1) is 0 Å². The van der Waals surface area contributed by atoms with E-state index in [4.69, 9.17) is 0 Å². The molecule has 140 valence electrons. The van der Waals surface area contributed by atoms with Crippen molar-refractivity contribution in [3.8, 4) is 0 Å². The van der Waals surface area contributed by atoms with Gasteiger partial charge in [0.2, 0.25) is 5.91 Å². The van der Waals surface area contributed by atoms with Gasteiger partial charge < -0.3 is 9.69 Å². The summed E-state index contributed by atoms with van der Waals surface area (Å²) in [6.45, 7) is 1.92. The summed E-state index contributed by atoms with van der Waals surface area (Å²) in [5.74, 6) is -0.159. The predicted octanol–water partition coefficient (Wildman–Crippen LogP) is 3.12. The first-order valence-electron chi connectivity index (χ1n) is 9.45. The molecule has 1 unspecified atom stereocenters. The number of fused-ring (bicyclic) bond motifs is 1. The standard InChI is InChI=1S/C22H23FN2O2/c23-19-9-8-17-12-25(13-18(17)11-19)22(27)14-24-10-4-7-20(21(24)15-26)16-5-2-1-3-6-16/h1-3,5-6,8-9,11,15,20-21H,4,7,10,12-14H2/t20-,21?/m0/s1. The van der Waals surface area contributed by atoms with Crippen LogP contribution >= 0.6 is 0 Å². The van der Waals surface area contributed by atoms with Crippen LogP contribution < -0.4 is 0 Å². The van der Waals surface area contributed by atoms with E-state index in [2.05, 4.69) is 12.1 Å². The van der Waals surface area contributed by atoms with Crippen molar-refractivity contribution in [1.82, 2.24) is 9.80 Å². The Morgan fingerprint density at radius 1 is 1.11 bits per heavy atom. The third-order valence-electron chi connectivity index (χ3n) is 5.74. The van der Waals surface area contributed by atoms with E-state index < -0.39 is 0 Å². The number of benzene rings is 2. The Hall–Kier alpha value is -2.53. The molecule has 2 aromatic rings. The number of hydrogen-bond donors (Lipinski definition) is 0. The minimum absolute atomic E-state index is 0.00725. The van der Waals surface area contributed by atoms with Crippen LogP contribution in [0.1, 0.15) is 35.4 Å². The van der Waals surface area contributed by atoms with Crippen molar-refractivity contribution in [2.24, 2.45) is 0 Å². The molecule has 27 heavy (non-hydrogen) atoms. The Labute approximate surface area is 158 Å². The van der Waals surface area contributed by atoms with Gasteiger partial charge in [-0.3, -0.25) is 9.69 Å². The van der Waals surface area contributed by atoms with E-state index in [1.807, 2.05) is 23.1 Å². The number of carbonyl (C=O) groups is 2. The lowest BCUT2D eigenvalue weighted by Crippen LogP contribution is -2.49. The maximum Gasteiger partial charge on any atom is 0.237 e. The topological polar surface area (TPSA) is 40.6 Å². The van der Waals surface area contributed by atoms with E-state index in [0.29, 0.717) is 13.1 Å². The first kappa shape index (κ1) is 17.9. The van der Waals surface area contributed by atoms with Crippen LogP contribution in [0.3, 0.4) is 0 Å². The number of halogens is 1. The lowest BCUT2D eigenvalue weighted by atomic mass is 9.84. The number of piperidine rings is 1. The van der Waals surface area contributed by atoms with Crippen LogP contribution in [0.15, 0.2) is 48.5 Å². The quantitative estimate of drug-likeness (QED) is 0.781. The molecule has 0 N–H and O–H groups in total. The highest BCUT2D eigenvalue weighted by Gasteiger charge is 2.34. The summed E-state index contributed by atoms with van der Waals surface area (Å²) < 4.78 is 13.4. The molecule has 1 saturated heterocycles. The van der Waals surface area contributed by atoms with E-state index in [-0.39, 0.29) is 30.2 Å². The van der Waals surface area contributed by atoms with Gasteiger partial charge in [-0.05, 0) is 48.2 Å². The van der Waals surface area contributed by atoms with Gasteiger partial charge in [0.1, 0.15) is 12.1 Å². The summed E-state index contributed by atoms with van der Waals surface area (Å²) in [5.41, 5.74) is 3.02. The number of aldehydes is 1. The third-order valence-corrected chi connectivity index (χ3v) is 5.74. The van der Waals surface area contributed by atoms with Gasteiger partial charge in [0.15, 0.2) is 0 Å². The molecule has 1 amide bonds.